The molecule has 0 unspecified atom stereocenters. The molecule has 0 aromatic heterocycles. The first-order valence-corrected chi connectivity index (χ1v) is 7.58. The Bertz CT molecular complexity index is 240. The highest BCUT2D eigenvalue weighted by Gasteiger charge is 1.88. The Morgan fingerprint density at radius 2 is 1.89 bits per heavy atom. The second kappa shape index (κ2) is 17.0. The van der Waals surface area contributed by atoms with Gasteiger partial charge in [0.25, 0.3) is 0 Å². The molecule has 0 spiro atoms. The Morgan fingerprint density at radius 3 is 2.47 bits per heavy atom. The topological polar surface area (TPSA) is 15.3 Å². The molecular weight excluding hydrogens is 232 g/mol. The molecule has 0 amide bonds. The number of nitrogens with one attached hydrogen (secondary N) is 1. The maximum Gasteiger partial charge on any atom is 0.0203 e. The van der Waals surface area contributed by atoms with Crippen molar-refractivity contribution in [2.24, 2.45) is 0 Å². The van der Waals surface area contributed by atoms with Gasteiger partial charge in [-0.25, -0.2) is 0 Å². The second-order valence-electron chi connectivity index (χ2n) is 4.48. The summed E-state index contributed by atoms with van der Waals surface area (Å²) in [6.45, 7) is 12.6. The third-order valence-corrected chi connectivity index (χ3v) is 2.28. The Morgan fingerprint density at radius 1 is 1.21 bits per heavy atom. The fraction of sp³-hybridized carbons (Fsp3) is 0.647. The summed E-state index contributed by atoms with van der Waals surface area (Å²) in [4.78, 5) is 2.18. The molecule has 2 nitrogen and oxygen atoms in total. The van der Waals surface area contributed by atoms with E-state index in [9.17, 15) is 0 Å². The van der Waals surface area contributed by atoms with Crippen molar-refractivity contribution in [1.82, 2.24) is 10.2 Å². The van der Waals surface area contributed by atoms with Gasteiger partial charge in [-0.1, -0.05) is 58.9 Å². The van der Waals surface area contributed by atoms with Gasteiger partial charge in [0.2, 0.25) is 0 Å². The summed E-state index contributed by atoms with van der Waals surface area (Å²) in [6, 6.07) is 0.603. The van der Waals surface area contributed by atoms with E-state index in [4.69, 9.17) is 0 Å². The molecule has 1 aliphatic rings. The largest absolute Gasteiger partial charge is 0.380 e. The van der Waals surface area contributed by atoms with Gasteiger partial charge in [0.1, 0.15) is 0 Å². The predicted octanol–water partition coefficient (Wildman–Crippen LogP) is 4.37. The number of hydrogen-bond donors (Lipinski definition) is 1. The van der Waals surface area contributed by atoms with Crippen LogP contribution in [0.3, 0.4) is 0 Å². The maximum atomic E-state index is 3.29. The van der Waals surface area contributed by atoms with Crippen LogP contribution in [0.25, 0.3) is 0 Å². The molecule has 0 aromatic carbocycles. The summed E-state index contributed by atoms with van der Waals surface area (Å²) in [7, 11) is 2.09. The average Bonchev–Trinajstić information content (AvgIpc) is 2.65. The Kier molecular flexibility index (Phi) is 18.1. The predicted molar refractivity (Wildman–Crippen MR) is 89.4 cm³/mol. The molecule has 2 heteroatoms. The van der Waals surface area contributed by atoms with Crippen LogP contribution in [-0.4, -0.2) is 31.1 Å². The van der Waals surface area contributed by atoms with Gasteiger partial charge in [0.15, 0.2) is 0 Å². The van der Waals surface area contributed by atoms with Crippen molar-refractivity contribution in [2.45, 2.75) is 53.5 Å². The van der Waals surface area contributed by atoms with E-state index in [1.54, 1.807) is 0 Å². The Balaban J connectivity index is 0. The van der Waals surface area contributed by atoms with E-state index < -0.39 is 0 Å². The fourth-order valence-electron chi connectivity index (χ4n) is 1.28. The third kappa shape index (κ3) is 19.5. The minimum atomic E-state index is 0.603. The van der Waals surface area contributed by atoms with E-state index in [-0.39, 0.29) is 0 Å². The lowest BCUT2D eigenvalue weighted by Gasteiger charge is -2.08. The zero-order valence-electron chi connectivity index (χ0n) is 13.8. The summed E-state index contributed by atoms with van der Waals surface area (Å²) in [6.07, 6.45) is 15.1. The molecule has 1 heterocycles. The Labute approximate surface area is 121 Å². The lowest BCUT2D eigenvalue weighted by atomic mass is 10.3. The van der Waals surface area contributed by atoms with Crippen molar-refractivity contribution in [3.63, 3.8) is 0 Å². The standard InChI is InChI=1S/C8H17N.C7H11N.C2H6/c1-4-5-6-7-9-8(2)3;1-8-6-4-2-3-5-7-8;1-2/h5-6,8-9H,4,7H2,1-3H3;2-4,6H,5,7H2,1H3;1-2H3/b6-5-;;. The number of allylic oxidation sites excluding steroid dienone is 3. The molecule has 0 radical (unpaired) electrons. The van der Waals surface area contributed by atoms with Crippen molar-refractivity contribution < 1.29 is 0 Å². The quantitative estimate of drug-likeness (QED) is 0.760. The van der Waals surface area contributed by atoms with Gasteiger partial charge in [0.05, 0.1) is 0 Å². The zero-order valence-corrected chi connectivity index (χ0v) is 13.8. The molecule has 112 valence electrons. The summed E-state index contributed by atoms with van der Waals surface area (Å²) in [5.41, 5.74) is 0. The van der Waals surface area contributed by atoms with E-state index in [0.717, 1.165) is 19.5 Å². The van der Waals surface area contributed by atoms with Crippen LogP contribution in [0.4, 0.5) is 0 Å². The fourth-order valence-corrected chi connectivity index (χ4v) is 1.28. The summed E-state index contributed by atoms with van der Waals surface area (Å²) >= 11 is 0. The molecule has 0 aliphatic carbocycles. The first-order valence-electron chi connectivity index (χ1n) is 7.58. The van der Waals surface area contributed by atoms with Crippen LogP contribution in [0, 0.1) is 0 Å². The number of rotatable bonds is 4. The van der Waals surface area contributed by atoms with Crippen LogP contribution in [0.2, 0.25) is 0 Å². The molecule has 19 heavy (non-hydrogen) atoms. The normalized spacial score (nSPS) is 13.7. The maximum absolute atomic E-state index is 3.29. The minimum Gasteiger partial charge on any atom is -0.380 e. The minimum absolute atomic E-state index is 0.603. The highest BCUT2D eigenvalue weighted by atomic mass is 15.1. The third-order valence-electron chi connectivity index (χ3n) is 2.28. The molecule has 1 N–H and O–H groups in total. The molecule has 1 rings (SSSR count). The SMILES string of the molecule is CC.CC/C=C\CNC(C)C.CN1C=CC=CCC1. The monoisotopic (exact) mass is 266 g/mol. The highest BCUT2D eigenvalue weighted by Crippen LogP contribution is 1.95. The lowest BCUT2D eigenvalue weighted by molar-refractivity contribution is 0.468. The van der Waals surface area contributed by atoms with E-state index in [2.05, 4.69) is 74.6 Å². The zero-order chi connectivity index (χ0) is 14.9. The smallest absolute Gasteiger partial charge is 0.0203 e. The van der Waals surface area contributed by atoms with Crippen LogP contribution in [-0.2, 0) is 0 Å². The van der Waals surface area contributed by atoms with E-state index in [1.165, 1.54) is 6.42 Å². The Hall–Kier alpha value is -1.02. The first-order chi connectivity index (χ1) is 9.16. The van der Waals surface area contributed by atoms with Gasteiger partial charge in [-0.15, -0.1) is 0 Å². The van der Waals surface area contributed by atoms with Crippen molar-refractivity contribution in [3.8, 4) is 0 Å². The molecule has 0 saturated heterocycles. The average molecular weight is 266 g/mol. The van der Waals surface area contributed by atoms with Crippen LogP contribution >= 0.6 is 0 Å². The van der Waals surface area contributed by atoms with Gasteiger partial charge in [-0.3, -0.25) is 0 Å². The molecule has 0 bridgehead atoms. The van der Waals surface area contributed by atoms with Crippen LogP contribution in [0.1, 0.15) is 47.5 Å². The van der Waals surface area contributed by atoms with E-state index >= 15 is 0 Å². The van der Waals surface area contributed by atoms with Crippen molar-refractivity contribution in [1.29, 1.82) is 0 Å². The summed E-state index contributed by atoms with van der Waals surface area (Å²) in [5.74, 6) is 0. The van der Waals surface area contributed by atoms with E-state index in [0.29, 0.717) is 6.04 Å². The lowest BCUT2D eigenvalue weighted by Crippen LogP contribution is -2.22. The van der Waals surface area contributed by atoms with Gasteiger partial charge >= 0.3 is 0 Å². The van der Waals surface area contributed by atoms with Crippen molar-refractivity contribution in [3.05, 3.63) is 36.6 Å². The van der Waals surface area contributed by atoms with Crippen LogP contribution < -0.4 is 5.32 Å². The van der Waals surface area contributed by atoms with Crippen LogP contribution in [0.5, 0.6) is 0 Å². The summed E-state index contributed by atoms with van der Waals surface area (Å²) < 4.78 is 0. The molecule has 0 atom stereocenters. The van der Waals surface area contributed by atoms with Gasteiger partial charge < -0.3 is 10.2 Å². The number of hydrogen-bond acceptors (Lipinski definition) is 2. The van der Waals surface area contributed by atoms with Crippen molar-refractivity contribution in [2.75, 3.05) is 20.1 Å². The van der Waals surface area contributed by atoms with Crippen LogP contribution in [0.15, 0.2) is 36.6 Å². The van der Waals surface area contributed by atoms with Gasteiger partial charge in [-0.2, -0.15) is 0 Å². The van der Waals surface area contributed by atoms with E-state index in [1.807, 2.05) is 13.8 Å². The molecule has 0 saturated carbocycles. The molecular formula is C17H34N2. The highest BCUT2D eigenvalue weighted by molar-refractivity contribution is 5.04. The molecule has 0 aromatic rings. The van der Waals surface area contributed by atoms with Gasteiger partial charge in [-0.05, 0) is 25.1 Å². The summed E-state index contributed by atoms with van der Waals surface area (Å²) in [5, 5.41) is 3.29. The molecule has 1 aliphatic heterocycles. The first kappa shape index (κ1) is 20.3. The van der Waals surface area contributed by atoms with Crippen molar-refractivity contribution >= 4 is 0 Å². The van der Waals surface area contributed by atoms with Gasteiger partial charge in [0, 0.05) is 26.2 Å². The molecule has 0 fully saturated rings. The second-order valence-corrected chi connectivity index (χ2v) is 4.48. The number of nitrogens with zero attached hydrogens (tertiary/aromatic N) is 1.